The van der Waals surface area contributed by atoms with Crippen molar-refractivity contribution in [3.63, 3.8) is 0 Å². The van der Waals surface area contributed by atoms with Crippen LogP contribution in [0.4, 0.5) is 0 Å². The molecule has 0 amide bonds. The summed E-state index contributed by atoms with van der Waals surface area (Å²) in [6.45, 7) is 6.36. The Bertz CT molecular complexity index is 781. The maximum atomic E-state index is 6.08. The van der Waals surface area contributed by atoms with Crippen LogP contribution in [0.2, 0.25) is 0 Å². The number of alkyl halides is 1. The summed E-state index contributed by atoms with van der Waals surface area (Å²) >= 11 is 6.08. The van der Waals surface area contributed by atoms with Crippen LogP contribution < -0.4 is 0 Å². The number of hydrogen-bond donors (Lipinski definition) is 0. The van der Waals surface area contributed by atoms with E-state index in [0.717, 1.165) is 28.4 Å². The van der Waals surface area contributed by atoms with Gasteiger partial charge in [0, 0.05) is 12.7 Å². The highest BCUT2D eigenvalue weighted by Crippen LogP contribution is 2.25. The molecule has 2 aromatic heterocycles. The van der Waals surface area contributed by atoms with Gasteiger partial charge in [-0.25, -0.2) is 9.67 Å². The van der Waals surface area contributed by atoms with Crippen LogP contribution in [0.25, 0.3) is 16.9 Å². The maximum absolute atomic E-state index is 6.08. The first-order valence-corrected chi connectivity index (χ1v) is 7.63. The van der Waals surface area contributed by atoms with Crippen molar-refractivity contribution in [2.45, 2.75) is 32.6 Å². The highest BCUT2D eigenvalue weighted by atomic mass is 35.5. The van der Waals surface area contributed by atoms with Gasteiger partial charge in [0.05, 0.1) is 11.6 Å². The molecule has 3 aromatic rings. The molecule has 0 fully saturated rings. The summed E-state index contributed by atoms with van der Waals surface area (Å²) in [5, 5.41) is 4.45. The van der Waals surface area contributed by atoms with Gasteiger partial charge in [-0.2, -0.15) is 5.10 Å². The molecule has 0 aliphatic rings. The van der Waals surface area contributed by atoms with Gasteiger partial charge in [0.25, 0.3) is 0 Å². The number of rotatable bonds is 3. The van der Waals surface area contributed by atoms with Gasteiger partial charge < -0.3 is 0 Å². The molecule has 1 aromatic carbocycles. The molecule has 0 spiro atoms. The summed E-state index contributed by atoms with van der Waals surface area (Å²) in [6, 6.07) is 8.56. The topological polar surface area (TPSA) is 35.6 Å². The van der Waals surface area contributed by atoms with Crippen LogP contribution >= 0.6 is 11.6 Å². The van der Waals surface area contributed by atoms with E-state index in [9.17, 15) is 0 Å². The Kier molecular flexibility index (Phi) is 3.49. The van der Waals surface area contributed by atoms with Crippen molar-refractivity contribution in [1.82, 2.24) is 19.3 Å². The third-order valence-electron chi connectivity index (χ3n) is 3.81. The second kappa shape index (κ2) is 5.19. The normalized spacial score (nSPS) is 11.7. The summed E-state index contributed by atoms with van der Waals surface area (Å²) < 4.78 is 3.95. The number of aromatic nitrogens is 4. The molecule has 4 nitrogen and oxygen atoms in total. The van der Waals surface area contributed by atoms with Crippen molar-refractivity contribution in [2.24, 2.45) is 7.05 Å². The van der Waals surface area contributed by atoms with Crippen molar-refractivity contribution >= 4 is 22.8 Å². The average molecular weight is 303 g/mol. The van der Waals surface area contributed by atoms with Gasteiger partial charge in [-0.3, -0.25) is 4.57 Å². The number of halogens is 1. The number of benzene rings is 1. The lowest BCUT2D eigenvalue weighted by Gasteiger charge is -2.10. The molecule has 0 atom stereocenters. The first-order valence-electron chi connectivity index (χ1n) is 7.10. The molecule has 0 unspecified atom stereocenters. The van der Waals surface area contributed by atoms with Crippen LogP contribution in [0.5, 0.6) is 0 Å². The molecule has 0 bridgehead atoms. The van der Waals surface area contributed by atoms with E-state index in [1.54, 1.807) is 0 Å². The smallest absolute Gasteiger partial charge is 0.163 e. The average Bonchev–Trinajstić information content (AvgIpc) is 2.98. The minimum Gasteiger partial charge on any atom is -0.280 e. The highest BCUT2D eigenvalue weighted by molar-refractivity contribution is 6.17. The third-order valence-corrected chi connectivity index (χ3v) is 4.05. The lowest BCUT2D eigenvalue weighted by atomic mass is 10.0. The van der Waals surface area contributed by atoms with Gasteiger partial charge in [-0.15, -0.1) is 11.6 Å². The number of imidazole rings is 1. The SMILES string of the molecule is Cc1nn(C)c2c1nc(CCl)n2-c1ccc(C(C)C)cc1. The van der Waals surface area contributed by atoms with Crippen molar-refractivity contribution in [2.75, 3.05) is 0 Å². The summed E-state index contributed by atoms with van der Waals surface area (Å²) in [6.07, 6.45) is 0. The van der Waals surface area contributed by atoms with E-state index in [2.05, 4.69) is 52.8 Å². The number of hydrogen-bond acceptors (Lipinski definition) is 2. The quantitative estimate of drug-likeness (QED) is 0.687. The molecule has 0 aliphatic heterocycles. The molecule has 0 aliphatic carbocycles. The molecular weight excluding hydrogens is 284 g/mol. The van der Waals surface area contributed by atoms with Gasteiger partial charge in [-0.1, -0.05) is 26.0 Å². The fourth-order valence-electron chi connectivity index (χ4n) is 2.69. The van der Waals surface area contributed by atoms with E-state index in [1.165, 1.54) is 5.56 Å². The fourth-order valence-corrected chi connectivity index (χ4v) is 2.87. The second-order valence-electron chi connectivity index (χ2n) is 5.62. The van der Waals surface area contributed by atoms with Gasteiger partial charge in [0.1, 0.15) is 11.3 Å². The molecule has 5 heteroatoms. The largest absolute Gasteiger partial charge is 0.280 e. The van der Waals surface area contributed by atoms with Gasteiger partial charge in [0.15, 0.2) is 5.65 Å². The molecular formula is C16H19ClN4. The summed E-state index contributed by atoms with van der Waals surface area (Å²) in [7, 11) is 1.94. The monoisotopic (exact) mass is 302 g/mol. The number of aryl methyl sites for hydroxylation is 2. The number of nitrogens with zero attached hydrogens (tertiary/aromatic N) is 4. The molecule has 21 heavy (non-hydrogen) atoms. The number of fused-ring (bicyclic) bond motifs is 1. The Morgan fingerprint density at radius 3 is 2.43 bits per heavy atom. The van der Waals surface area contributed by atoms with Crippen LogP contribution in [-0.2, 0) is 12.9 Å². The van der Waals surface area contributed by atoms with E-state index < -0.39 is 0 Å². The minimum absolute atomic E-state index is 0.375. The zero-order valence-corrected chi connectivity index (χ0v) is 13.5. The van der Waals surface area contributed by atoms with Crippen molar-refractivity contribution in [3.8, 4) is 5.69 Å². The standard InChI is InChI=1S/C16H19ClN4/c1-10(2)12-5-7-13(8-6-12)21-14(9-17)18-15-11(3)19-20(4)16(15)21/h5-8,10H,9H2,1-4H3. The molecule has 3 rings (SSSR count). The van der Waals surface area contributed by atoms with Gasteiger partial charge in [-0.05, 0) is 30.5 Å². The molecule has 110 valence electrons. The predicted octanol–water partition coefficient (Wildman–Crippen LogP) is 3.93. The van der Waals surface area contributed by atoms with Crippen molar-refractivity contribution < 1.29 is 0 Å². The van der Waals surface area contributed by atoms with Crippen molar-refractivity contribution in [1.29, 1.82) is 0 Å². The van der Waals surface area contributed by atoms with E-state index in [-0.39, 0.29) is 0 Å². The Morgan fingerprint density at radius 1 is 1.19 bits per heavy atom. The predicted molar refractivity (Wildman–Crippen MR) is 86.2 cm³/mol. The first-order chi connectivity index (χ1) is 10.0. The maximum Gasteiger partial charge on any atom is 0.163 e. The Morgan fingerprint density at radius 2 is 1.86 bits per heavy atom. The first kappa shape index (κ1) is 14.1. The second-order valence-corrected chi connectivity index (χ2v) is 5.89. The molecule has 2 heterocycles. The lowest BCUT2D eigenvalue weighted by Crippen LogP contribution is -2.04. The summed E-state index contributed by atoms with van der Waals surface area (Å²) in [5.74, 6) is 1.74. The van der Waals surface area contributed by atoms with E-state index in [4.69, 9.17) is 11.6 Å². The van der Waals surface area contributed by atoms with Crippen LogP contribution in [0.1, 0.15) is 36.8 Å². The minimum atomic E-state index is 0.375. The van der Waals surface area contributed by atoms with Crippen LogP contribution in [0.3, 0.4) is 0 Å². The van der Waals surface area contributed by atoms with Crippen LogP contribution in [0.15, 0.2) is 24.3 Å². The van der Waals surface area contributed by atoms with E-state index in [1.807, 2.05) is 18.7 Å². The molecule has 0 N–H and O–H groups in total. The Labute approximate surface area is 129 Å². The van der Waals surface area contributed by atoms with Crippen molar-refractivity contribution in [3.05, 3.63) is 41.3 Å². The summed E-state index contributed by atoms with van der Waals surface area (Å²) in [4.78, 5) is 4.63. The molecule has 0 radical (unpaired) electrons. The van der Waals surface area contributed by atoms with Gasteiger partial charge >= 0.3 is 0 Å². The summed E-state index contributed by atoms with van der Waals surface area (Å²) in [5.41, 5.74) is 5.22. The van der Waals surface area contributed by atoms with E-state index >= 15 is 0 Å². The fraction of sp³-hybridized carbons (Fsp3) is 0.375. The molecule has 0 saturated carbocycles. The van der Waals surface area contributed by atoms with E-state index in [0.29, 0.717) is 11.8 Å². The molecule has 0 saturated heterocycles. The zero-order valence-electron chi connectivity index (χ0n) is 12.8. The van der Waals surface area contributed by atoms with Gasteiger partial charge in [0.2, 0.25) is 0 Å². The lowest BCUT2D eigenvalue weighted by molar-refractivity contribution is 0.755. The Hall–Kier alpha value is -1.81. The highest BCUT2D eigenvalue weighted by Gasteiger charge is 2.18. The van der Waals surface area contributed by atoms with Crippen LogP contribution in [-0.4, -0.2) is 19.3 Å². The Balaban J connectivity index is 2.23. The zero-order chi connectivity index (χ0) is 15.1. The third kappa shape index (κ3) is 2.23. The van der Waals surface area contributed by atoms with Crippen LogP contribution in [0, 0.1) is 6.92 Å².